The average molecular weight is 562 g/mol. The van der Waals surface area contributed by atoms with E-state index in [-0.39, 0.29) is 17.9 Å². The molecule has 7 nitrogen and oxygen atoms in total. The molecule has 1 aliphatic rings. The van der Waals surface area contributed by atoms with E-state index in [2.05, 4.69) is 10.6 Å². The summed E-state index contributed by atoms with van der Waals surface area (Å²) in [6.07, 6.45) is 3.35. The Balaban J connectivity index is 1.68. The zero-order valence-corrected chi connectivity index (χ0v) is 24.7. The number of hydrogen-bond acceptors (Lipinski definition) is 5. The Morgan fingerprint density at radius 3 is 2.33 bits per heavy atom. The Kier molecular flexibility index (Phi) is 9.40. The molecule has 0 radical (unpaired) electrons. The molecule has 0 bridgehead atoms. The van der Waals surface area contributed by atoms with E-state index in [4.69, 9.17) is 4.74 Å². The molecule has 1 saturated carbocycles. The molecule has 0 aliphatic heterocycles. The maximum atomic E-state index is 14.3. The maximum absolute atomic E-state index is 14.3. The van der Waals surface area contributed by atoms with E-state index in [1.54, 1.807) is 37.4 Å². The molecule has 40 heavy (non-hydrogen) atoms. The summed E-state index contributed by atoms with van der Waals surface area (Å²) in [4.78, 5) is 42.8. The molecule has 0 heterocycles. The predicted octanol–water partition coefficient (Wildman–Crippen LogP) is 6.47. The SMILES string of the molecule is CSCCC(NC(=O)OC(C)(C)C)C(=O)N(C1CC1)C(C(=O)Nc1ccc2ccccc2c1)c1ccccc1C. The second-order valence-electron chi connectivity index (χ2n) is 11.3. The molecule has 8 heteroatoms. The number of nitrogens with one attached hydrogen (secondary N) is 2. The van der Waals surface area contributed by atoms with Crippen molar-refractivity contribution in [2.75, 3.05) is 17.3 Å². The van der Waals surface area contributed by atoms with Crippen LogP contribution in [0, 0.1) is 6.92 Å². The molecule has 3 aromatic carbocycles. The van der Waals surface area contributed by atoms with E-state index >= 15 is 0 Å². The third kappa shape index (κ3) is 7.56. The fraction of sp³-hybridized carbons (Fsp3) is 0.406. The molecule has 212 valence electrons. The van der Waals surface area contributed by atoms with Crippen LogP contribution in [0.1, 0.15) is 57.2 Å². The average Bonchev–Trinajstić information content (AvgIpc) is 3.74. The molecule has 1 aliphatic carbocycles. The van der Waals surface area contributed by atoms with Gasteiger partial charge in [0.15, 0.2) is 0 Å². The van der Waals surface area contributed by atoms with E-state index in [1.165, 1.54) is 0 Å². The summed E-state index contributed by atoms with van der Waals surface area (Å²) < 4.78 is 5.47. The number of carbonyl (C=O) groups is 3. The fourth-order valence-corrected chi connectivity index (χ4v) is 5.25. The molecule has 2 atom stereocenters. The number of benzene rings is 3. The van der Waals surface area contributed by atoms with Gasteiger partial charge in [0, 0.05) is 11.7 Å². The molecule has 0 saturated heterocycles. The topological polar surface area (TPSA) is 87.7 Å². The Labute approximate surface area is 241 Å². The smallest absolute Gasteiger partial charge is 0.408 e. The summed E-state index contributed by atoms with van der Waals surface area (Å²) in [5, 5.41) is 7.98. The van der Waals surface area contributed by atoms with Crippen molar-refractivity contribution in [2.45, 2.75) is 70.7 Å². The van der Waals surface area contributed by atoms with Gasteiger partial charge in [0.1, 0.15) is 17.7 Å². The summed E-state index contributed by atoms with van der Waals surface area (Å²) in [6.45, 7) is 7.30. The summed E-state index contributed by atoms with van der Waals surface area (Å²) >= 11 is 1.60. The standard InChI is InChI=1S/C32H39N3O4S/c1-21-10-6-9-13-26(21)28(29(36)33-24-15-14-22-11-7-8-12-23(22)20-24)35(25-16-17-25)30(37)27(18-19-40-5)34-31(38)39-32(2,3)4/h6-15,20,25,27-28H,16-19H2,1-5H3,(H,33,36)(H,34,38). The number of alkyl carbamates (subject to hydrolysis) is 1. The molecule has 2 unspecified atom stereocenters. The monoisotopic (exact) mass is 561 g/mol. The number of aryl methyl sites for hydroxylation is 1. The first-order chi connectivity index (χ1) is 19.1. The van der Waals surface area contributed by atoms with Crippen molar-refractivity contribution >= 4 is 46.1 Å². The van der Waals surface area contributed by atoms with Crippen LogP contribution in [-0.2, 0) is 14.3 Å². The first-order valence-corrected chi connectivity index (χ1v) is 15.1. The third-order valence-electron chi connectivity index (χ3n) is 6.82. The molecule has 4 rings (SSSR count). The van der Waals surface area contributed by atoms with Crippen LogP contribution in [0.4, 0.5) is 10.5 Å². The minimum absolute atomic E-state index is 0.0864. The molecular weight excluding hydrogens is 522 g/mol. The highest BCUT2D eigenvalue weighted by Crippen LogP contribution is 2.37. The number of nitrogens with zero attached hydrogens (tertiary/aromatic N) is 1. The highest BCUT2D eigenvalue weighted by atomic mass is 32.2. The zero-order chi connectivity index (χ0) is 28.9. The van der Waals surface area contributed by atoms with Crippen molar-refractivity contribution in [3.8, 4) is 0 Å². The van der Waals surface area contributed by atoms with Crippen LogP contribution in [0.25, 0.3) is 10.8 Å². The Hall–Kier alpha value is -3.52. The number of rotatable bonds is 10. The molecule has 3 amide bonds. The largest absolute Gasteiger partial charge is 0.444 e. The van der Waals surface area contributed by atoms with E-state index < -0.39 is 23.8 Å². The second kappa shape index (κ2) is 12.8. The maximum Gasteiger partial charge on any atom is 0.408 e. The second-order valence-corrected chi connectivity index (χ2v) is 12.3. The first kappa shape index (κ1) is 29.5. The Bertz CT molecular complexity index is 1370. The zero-order valence-electron chi connectivity index (χ0n) is 23.9. The van der Waals surface area contributed by atoms with Crippen LogP contribution in [0.5, 0.6) is 0 Å². The van der Waals surface area contributed by atoms with Gasteiger partial charge >= 0.3 is 6.09 Å². The predicted molar refractivity (Wildman–Crippen MR) is 163 cm³/mol. The first-order valence-electron chi connectivity index (χ1n) is 13.7. The van der Waals surface area contributed by atoms with Crippen LogP contribution < -0.4 is 10.6 Å². The molecule has 0 aromatic heterocycles. The lowest BCUT2D eigenvalue weighted by Gasteiger charge is -2.35. The van der Waals surface area contributed by atoms with Crippen molar-refractivity contribution in [1.29, 1.82) is 0 Å². The Morgan fingerprint density at radius 2 is 1.68 bits per heavy atom. The lowest BCUT2D eigenvalue weighted by atomic mass is 9.97. The Morgan fingerprint density at radius 1 is 1.00 bits per heavy atom. The molecule has 3 aromatic rings. The van der Waals surface area contributed by atoms with Crippen LogP contribution in [0.2, 0.25) is 0 Å². The van der Waals surface area contributed by atoms with Gasteiger partial charge in [0.25, 0.3) is 5.91 Å². The van der Waals surface area contributed by atoms with Gasteiger partial charge in [-0.05, 0) is 93.0 Å². The van der Waals surface area contributed by atoms with Crippen molar-refractivity contribution in [1.82, 2.24) is 10.2 Å². The number of carbonyl (C=O) groups excluding carboxylic acids is 3. The van der Waals surface area contributed by atoms with Crippen LogP contribution in [0.15, 0.2) is 66.7 Å². The number of hydrogen-bond donors (Lipinski definition) is 2. The summed E-state index contributed by atoms with van der Waals surface area (Å²) in [6, 6.07) is 19.7. The number of fused-ring (bicyclic) bond motifs is 1. The summed E-state index contributed by atoms with van der Waals surface area (Å²) in [5.41, 5.74) is 1.65. The normalized spacial score (nSPS) is 14.7. The van der Waals surface area contributed by atoms with Gasteiger partial charge in [-0.1, -0.05) is 54.6 Å². The molecule has 0 spiro atoms. The van der Waals surface area contributed by atoms with Crippen LogP contribution in [0.3, 0.4) is 0 Å². The van der Waals surface area contributed by atoms with Gasteiger partial charge in [-0.3, -0.25) is 9.59 Å². The highest BCUT2D eigenvalue weighted by Gasteiger charge is 2.44. The minimum Gasteiger partial charge on any atom is -0.444 e. The fourth-order valence-electron chi connectivity index (χ4n) is 4.78. The number of amides is 3. The lowest BCUT2D eigenvalue weighted by Crippen LogP contribution is -2.53. The summed E-state index contributed by atoms with van der Waals surface area (Å²) in [5.74, 6) is 0.110. The van der Waals surface area contributed by atoms with Crippen molar-refractivity contribution in [2.24, 2.45) is 0 Å². The van der Waals surface area contributed by atoms with Crippen molar-refractivity contribution in [3.63, 3.8) is 0 Å². The van der Waals surface area contributed by atoms with E-state index in [0.717, 1.165) is 34.7 Å². The third-order valence-corrected chi connectivity index (χ3v) is 7.46. The van der Waals surface area contributed by atoms with Gasteiger partial charge in [0.05, 0.1) is 0 Å². The van der Waals surface area contributed by atoms with Gasteiger partial charge < -0.3 is 20.3 Å². The lowest BCUT2D eigenvalue weighted by molar-refractivity contribution is -0.141. The van der Waals surface area contributed by atoms with E-state index in [1.807, 2.05) is 79.9 Å². The van der Waals surface area contributed by atoms with Crippen molar-refractivity contribution in [3.05, 3.63) is 77.9 Å². The number of thioether (sulfide) groups is 1. The highest BCUT2D eigenvalue weighted by molar-refractivity contribution is 7.98. The quantitative estimate of drug-likeness (QED) is 0.296. The van der Waals surface area contributed by atoms with Gasteiger partial charge in [-0.15, -0.1) is 0 Å². The van der Waals surface area contributed by atoms with Crippen molar-refractivity contribution < 1.29 is 19.1 Å². The minimum atomic E-state index is -0.857. The summed E-state index contributed by atoms with van der Waals surface area (Å²) in [7, 11) is 0. The number of anilines is 1. The van der Waals surface area contributed by atoms with Gasteiger partial charge in [-0.2, -0.15) is 11.8 Å². The van der Waals surface area contributed by atoms with E-state index in [9.17, 15) is 14.4 Å². The van der Waals surface area contributed by atoms with E-state index in [0.29, 0.717) is 17.9 Å². The molecule has 2 N–H and O–H groups in total. The van der Waals surface area contributed by atoms with Crippen LogP contribution in [-0.4, -0.2) is 52.5 Å². The van der Waals surface area contributed by atoms with Crippen LogP contribution >= 0.6 is 11.8 Å². The molecule has 1 fully saturated rings. The molecular formula is C32H39N3O4S. The van der Waals surface area contributed by atoms with Gasteiger partial charge in [0.2, 0.25) is 5.91 Å². The van der Waals surface area contributed by atoms with Gasteiger partial charge in [-0.25, -0.2) is 4.79 Å². The number of ether oxygens (including phenoxy) is 1.